The first-order chi connectivity index (χ1) is 14.2. The van der Waals surface area contributed by atoms with Crippen LogP contribution in [-0.4, -0.2) is 53.0 Å². The zero-order valence-corrected chi connectivity index (χ0v) is 19.1. The highest BCUT2D eigenvalue weighted by Crippen LogP contribution is 2.40. The van der Waals surface area contributed by atoms with E-state index in [2.05, 4.69) is 5.32 Å². The molecule has 1 amide bonds. The molecule has 0 heterocycles. The average molecular weight is 457 g/mol. The van der Waals surface area contributed by atoms with E-state index in [4.69, 9.17) is 25.8 Å². The van der Waals surface area contributed by atoms with E-state index in [-0.39, 0.29) is 15.5 Å². The van der Waals surface area contributed by atoms with Crippen molar-refractivity contribution >= 4 is 33.2 Å². The summed E-state index contributed by atoms with van der Waals surface area (Å²) in [5.41, 5.74) is 0.390. The van der Waals surface area contributed by atoms with Gasteiger partial charge in [-0.25, -0.2) is 8.42 Å². The standard InChI is InChI=1S/C20H25ClN2O6S/c1-6-23(7-2)30(25,26)14-8-9-16(21)15(12-14)20(24)22-13-10-17(27-3)19(29-5)18(11-13)28-4/h8-12H,6-7H2,1-5H3,(H,22,24). The zero-order chi connectivity index (χ0) is 22.5. The molecule has 0 saturated carbocycles. The second-order valence-corrected chi connectivity index (χ2v) is 8.44. The number of benzene rings is 2. The number of halogens is 1. The molecule has 2 aromatic rings. The summed E-state index contributed by atoms with van der Waals surface area (Å²) in [6.45, 7) is 4.12. The van der Waals surface area contributed by atoms with E-state index in [1.54, 1.807) is 26.0 Å². The van der Waals surface area contributed by atoms with Gasteiger partial charge >= 0.3 is 0 Å². The van der Waals surface area contributed by atoms with Crippen molar-refractivity contribution < 1.29 is 27.4 Å². The van der Waals surface area contributed by atoms with Crippen molar-refractivity contribution in [2.45, 2.75) is 18.7 Å². The summed E-state index contributed by atoms with van der Waals surface area (Å²) in [5.74, 6) is 0.515. The van der Waals surface area contributed by atoms with Crippen LogP contribution >= 0.6 is 11.6 Å². The number of ether oxygens (including phenoxy) is 3. The molecule has 0 fully saturated rings. The Bertz CT molecular complexity index is 997. The van der Waals surface area contributed by atoms with Gasteiger partial charge in [0.05, 0.1) is 36.8 Å². The molecule has 10 heteroatoms. The van der Waals surface area contributed by atoms with E-state index < -0.39 is 15.9 Å². The maximum Gasteiger partial charge on any atom is 0.257 e. The Balaban J connectivity index is 2.43. The molecule has 0 unspecified atom stereocenters. The Morgan fingerprint density at radius 3 is 2.03 bits per heavy atom. The van der Waals surface area contributed by atoms with E-state index >= 15 is 0 Å². The van der Waals surface area contributed by atoms with Gasteiger partial charge in [0, 0.05) is 30.9 Å². The third kappa shape index (κ3) is 4.80. The zero-order valence-electron chi connectivity index (χ0n) is 17.5. The number of methoxy groups -OCH3 is 3. The van der Waals surface area contributed by atoms with Crippen molar-refractivity contribution in [2.24, 2.45) is 0 Å². The summed E-state index contributed by atoms with van der Waals surface area (Å²) in [5, 5.41) is 2.81. The van der Waals surface area contributed by atoms with Crippen LogP contribution in [0.1, 0.15) is 24.2 Å². The predicted octanol–water partition coefficient (Wildman–Crippen LogP) is 3.65. The minimum atomic E-state index is -3.74. The average Bonchev–Trinajstić information content (AvgIpc) is 2.73. The number of sulfonamides is 1. The first-order valence-corrected chi connectivity index (χ1v) is 11.0. The lowest BCUT2D eigenvalue weighted by atomic mass is 10.2. The highest BCUT2D eigenvalue weighted by Gasteiger charge is 2.24. The Hall–Kier alpha value is -2.49. The number of anilines is 1. The molecule has 2 aromatic carbocycles. The number of nitrogens with one attached hydrogen (secondary N) is 1. The fourth-order valence-corrected chi connectivity index (χ4v) is 4.59. The number of carbonyl (C=O) groups excluding carboxylic acids is 1. The van der Waals surface area contributed by atoms with Gasteiger partial charge in [-0.2, -0.15) is 4.31 Å². The van der Waals surface area contributed by atoms with Crippen molar-refractivity contribution in [3.05, 3.63) is 40.9 Å². The van der Waals surface area contributed by atoms with Crippen LogP contribution in [0.15, 0.2) is 35.2 Å². The molecule has 8 nitrogen and oxygen atoms in total. The Morgan fingerprint density at radius 1 is 1.00 bits per heavy atom. The molecule has 0 aliphatic heterocycles. The molecule has 0 saturated heterocycles. The monoisotopic (exact) mass is 456 g/mol. The van der Waals surface area contributed by atoms with Gasteiger partial charge in [-0.15, -0.1) is 0 Å². The molecule has 0 aliphatic carbocycles. The predicted molar refractivity (Wildman–Crippen MR) is 116 cm³/mol. The van der Waals surface area contributed by atoms with Crippen molar-refractivity contribution in [1.82, 2.24) is 4.31 Å². The SMILES string of the molecule is CCN(CC)S(=O)(=O)c1ccc(Cl)c(C(=O)Nc2cc(OC)c(OC)c(OC)c2)c1. The van der Waals surface area contributed by atoms with Crippen molar-refractivity contribution in [3.63, 3.8) is 0 Å². The Kier molecular flexibility index (Phi) is 7.94. The summed E-state index contributed by atoms with van der Waals surface area (Å²) < 4.78 is 42.7. The summed E-state index contributed by atoms with van der Waals surface area (Å²) in [4.78, 5) is 12.9. The molecule has 30 heavy (non-hydrogen) atoms. The van der Waals surface area contributed by atoms with Crippen LogP contribution in [0.25, 0.3) is 0 Å². The minimum absolute atomic E-state index is 0.00866. The van der Waals surface area contributed by atoms with Gasteiger partial charge < -0.3 is 19.5 Å². The van der Waals surface area contributed by atoms with Crippen LogP contribution in [-0.2, 0) is 10.0 Å². The van der Waals surface area contributed by atoms with E-state index in [9.17, 15) is 13.2 Å². The van der Waals surface area contributed by atoms with Gasteiger partial charge in [-0.1, -0.05) is 25.4 Å². The number of hydrogen-bond donors (Lipinski definition) is 1. The molecular formula is C20H25ClN2O6S. The molecule has 2 rings (SSSR count). The number of rotatable bonds is 9. The van der Waals surface area contributed by atoms with Gasteiger partial charge in [0.25, 0.3) is 5.91 Å². The number of carbonyl (C=O) groups is 1. The third-order valence-electron chi connectivity index (χ3n) is 4.45. The lowest BCUT2D eigenvalue weighted by Crippen LogP contribution is -2.30. The smallest absolute Gasteiger partial charge is 0.257 e. The molecule has 0 bridgehead atoms. The van der Waals surface area contributed by atoms with E-state index in [0.29, 0.717) is 36.0 Å². The normalized spacial score (nSPS) is 11.3. The van der Waals surface area contributed by atoms with Gasteiger partial charge in [-0.3, -0.25) is 4.79 Å². The summed E-state index contributed by atoms with van der Waals surface area (Å²) in [7, 11) is 0.653. The first kappa shape index (κ1) is 23.8. The topological polar surface area (TPSA) is 94.2 Å². The van der Waals surface area contributed by atoms with Crippen LogP contribution in [0, 0.1) is 0 Å². The fraction of sp³-hybridized carbons (Fsp3) is 0.350. The molecule has 1 N–H and O–H groups in total. The maximum absolute atomic E-state index is 12.9. The number of amides is 1. The van der Waals surface area contributed by atoms with Crippen LogP contribution < -0.4 is 19.5 Å². The third-order valence-corrected chi connectivity index (χ3v) is 6.82. The lowest BCUT2D eigenvalue weighted by Gasteiger charge is -2.19. The van der Waals surface area contributed by atoms with Crippen molar-refractivity contribution in [3.8, 4) is 17.2 Å². The molecule has 0 aliphatic rings. The summed E-state index contributed by atoms with van der Waals surface area (Å²) in [6.07, 6.45) is 0. The quantitative estimate of drug-likeness (QED) is 0.619. The molecule has 164 valence electrons. The Morgan fingerprint density at radius 2 is 1.57 bits per heavy atom. The highest BCUT2D eigenvalue weighted by atomic mass is 35.5. The maximum atomic E-state index is 12.9. The van der Waals surface area contributed by atoms with E-state index in [1.807, 2.05) is 0 Å². The fourth-order valence-electron chi connectivity index (χ4n) is 2.90. The lowest BCUT2D eigenvalue weighted by molar-refractivity contribution is 0.102. The van der Waals surface area contributed by atoms with E-state index in [1.165, 1.54) is 43.8 Å². The second-order valence-electron chi connectivity index (χ2n) is 6.10. The molecule has 0 aromatic heterocycles. The number of hydrogen-bond acceptors (Lipinski definition) is 6. The van der Waals surface area contributed by atoms with Crippen LogP contribution in [0.2, 0.25) is 5.02 Å². The van der Waals surface area contributed by atoms with Crippen LogP contribution in [0.3, 0.4) is 0 Å². The van der Waals surface area contributed by atoms with Crippen LogP contribution in [0.4, 0.5) is 5.69 Å². The molecule has 0 spiro atoms. The highest BCUT2D eigenvalue weighted by molar-refractivity contribution is 7.89. The van der Waals surface area contributed by atoms with E-state index in [0.717, 1.165) is 0 Å². The molecule has 0 atom stereocenters. The summed E-state index contributed by atoms with van der Waals surface area (Å²) >= 11 is 6.18. The van der Waals surface area contributed by atoms with Gasteiger partial charge in [-0.05, 0) is 18.2 Å². The summed E-state index contributed by atoms with van der Waals surface area (Å²) in [6, 6.07) is 7.16. The van der Waals surface area contributed by atoms with Crippen molar-refractivity contribution in [1.29, 1.82) is 0 Å². The van der Waals surface area contributed by atoms with Gasteiger partial charge in [0.1, 0.15) is 0 Å². The molecule has 0 radical (unpaired) electrons. The Labute approximate surface area is 181 Å². The van der Waals surface area contributed by atoms with Crippen LogP contribution in [0.5, 0.6) is 17.2 Å². The first-order valence-electron chi connectivity index (χ1n) is 9.14. The second kappa shape index (κ2) is 10.0. The van der Waals surface area contributed by atoms with Gasteiger partial charge in [0.15, 0.2) is 11.5 Å². The van der Waals surface area contributed by atoms with Gasteiger partial charge in [0.2, 0.25) is 15.8 Å². The number of nitrogens with zero attached hydrogens (tertiary/aromatic N) is 1. The molecular weight excluding hydrogens is 432 g/mol. The van der Waals surface area contributed by atoms with Crippen molar-refractivity contribution in [2.75, 3.05) is 39.7 Å². The minimum Gasteiger partial charge on any atom is -0.493 e. The largest absolute Gasteiger partial charge is 0.493 e.